The van der Waals surface area contributed by atoms with Gasteiger partial charge in [-0.15, -0.1) is 0 Å². The molecule has 0 bridgehead atoms. The second kappa shape index (κ2) is 10.6. The van der Waals surface area contributed by atoms with Crippen molar-refractivity contribution in [1.29, 1.82) is 0 Å². The highest BCUT2D eigenvalue weighted by Gasteiger charge is 2.24. The molecule has 0 fully saturated rings. The Balaban J connectivity index is 1.59. The molecule has 0 saturated heterocycles. The quantitative estimate of drug-likeness (QED) is 0.316. The number of hydrogen-bond acceptors (Lipinski definition) is 8. The first kappa shape index (κ1) is 24.2. The number of hydrogen-bond donors (Lipinski definition) is 0. The molecule has 0 amide bonds. The lowest BCUT2D eigenvalue weighted by Gasteiger charge is -2.19. The maximum absolute atomic E-state index is 14.2. The molecule has 3 aromatic heterocycles. The first-order valence-electron chi connectivity index (χ1n) is 10.8. The van der Waals surface area contributed by atoms with Gasteiger partial charge in [-0.05, 0) is 36.8 Å². The largest absolute Gasteiger partial charge is 0.484 e. The molecule has 1 aromatic carbocycles. The molecule has 10 heteroatoms. The van der Waals surface area contributed by atoms with Crippen molar-refractivity contribution in [2.45, 2.75) is 24.6 Å². The van der Waals surface area contributed by atoms with Gasteiger partial charge in [0.15, 0.2) is 5.82 Å². The number of nitrogens with zero attached hydrogens (tertiary/aromatic N) is 4. The molecule has 0 aliphatic rings. The van der Waals surface area contributed by atoms with Crippen LogP contribution in [0.3, 0.4) is 0 Å². The predicted octanol–water partition coefficient (Wildman–Crippen LogP) is 4.37. The van der Waals surface area contributed by atoms with E-state index < -0.39 is 21.8 Å². The fraction of sp³-hybridized carbons (Fsp3) is 0.200. The van der Waals surface area contributed by atoms with E-state index in [2.05, 4.69) is 19.9 Å². The number of rotatable bonds is 9. The van der Waals surface area contributed by atoms with Crippen LogP contribution < -0.4 is 9.47 Å². The fourth-order valence-electron chi connectivity index (χ4n) is 3.44. The summed E-state index contributed by atoms with van der Waals surface area (Å²) in [6, 6.07) is 15.6. The normalized spacial score (nSPS) is 12.2. The molecule has 0 aliphatic heterocycles. The van der Waals surface area contributed by atoms with Crippen LogP contribution in [0.5, 0.6) is 11.6 Å². The lowest BCUT2D eigenvalue weighted by atomic mass is 10.1. The Morgan fingerprint density at radius 3 is 2.51 bits per heavy atom. The summed E-state index contributed by atoms with van der Waals surface area (Å²) in [5.74, 6) is -0.566. The highest BCUT2D eigenvalue weighted by molar-refractivity contribution is 7.91. The molecular weight excluding hydrogens is 471 g/mol. The number of aryl methyl sites for hydroxylation is 1. The van der Waals surface area contributed by atoms with Crippen molar-refractivity contribution in [3.8, 4) is 22.9 Å². The third-order valence-electron chi connectivity index (χ3n) is 5.14. The molecule has 0 saturated carbocycles. The van der Waals surface area contributed by atoms with Crippen LogP contribution in [0.1, 0.15) is 23.8 Å². The Bertz CT molecular complexity index is 1400. The number of methoxy groups -OCH3 is 1. The number of benzene rings is 1. The van der Waals surface area contributed by atoms with E-state index >= 15 is 0 Å². The molecule has 4 aromatic rings. The topological polar surface area (TPSA) is 104 Å². The smallest absolute Gasteiger partial charge is 0.250 e. The average Bonchev–Trinajstić information content (AvgIpc) is 2.87. The molecular formula is C25H23FN4O4S. The van der Waals surface area contributed by atoms with Crippen LogP contribution in [0.2, 0.25) is 0 Å². The molecule has 4 rings (SSSR count). The first-order chi connectivity index (χ1) is 16.9. The van der Waals surface area contributed by atoms with Gasteiger partial charge >= 0.3 is 0 Å². The SMILES string of the molecule is COc1ncc(-c2cc(C)nc(S(=O)(=O)CCC(Oc3cccnc3)c3ccccc3)n2)cc1F. The molecule has 0 aliphatic carbocycles. The number of sulfone groups is 1. The van der Waals surface area contributed by atoms with Gasteiger partial charge < -0.3 is 9.47 Å². The Labute approximate surface area is 202 Å². The summed E-state index contributed by atoms with van der Waals surface area (Å²) in [6.07, 6.45) is 4.20. The maximum atomic E-state index is 14.2. The third kappa shape index (κ3) is 5.96. The van der Waals surface area contributed by atoms with E-state index in [-0.39, 0.29) is 28.9 Å². The minimum atomic E-state index is -3.89. The van der Waals surface area contributed by atoms with E-state index in [1.165, 1.54) is 19.4 Å². The van der Waals surface area contributed by atoms with Gasteiger partial charge in [-0.1, -0.05) is 30.3 Å². The molecule has 0 radical (unpaired) electrons. The molecule has 35 heavy (non-hydrogen) atoms. The van der Waals surface area contributed by atoms with Gasteiger partial charge in [-0.25, -0.2) is 27.8 Å². The highest BCUT2D eigenvalue weighted by atomic mass is 32.2. The maximum Gasteiger partial charge on any atom is 0.250 e. The van der Waals surface area contributed by atoms with Gasteiger partial charge in [0.25, 0.3) is 0 Å². The minimum Gasteiger partial charge on any atom is -0.484 e. The van der Waals surface area contributed by atoms with E-state index in [1.54, 1.807) is 37.5 Å². The molecule has 1 unspecified atom stereocenters. The zero-order valence-corrected chi connectivity index (χ0v) is 19.9. The fourth-order valence-corrected chi connectivity index (χ4v) is 4.67. The van der Waals surface area contributed by atoms with E-state index in [4.69, 9.17) is 9.47 Å². The monoisotopic (exact) mass is 494 g/mol. The zero-order valence-electron chi connectivity index (χ0n) is 19.1. The average molecular weight is 495 g/mol. The number of aromatic nitrogens is 4. The predicted molar refractivity (Wildman–Crippen MR) is 127 cm³/mol. The van der Waals surface area contributed by atoms with E-state index in [0.717, 1.165) is 5.56 Å². The minimum absolute atomic E-state index is 0.159. The third-order valence-corrected chi connectivity index (χ3v) is 6.65. The second-order valence-electron chi connectivity index (χ2n) is 7.71. The molecule has 180 valence electrons. The van der Waals surface area contributed by atoms with Crippen LogP contribution in [0.15, 0.2) is 78.3 Å². The van der Waals surface area contributed by atoms with Crippen LogP contribution >= 0.6 is 0 Å². The standard InChI is InChI=1S/C25H23FN4O4S/c1-17-13-22(19-14-21(26)24(33-2)28-15-19)30-25(29-17)35(31,32)12-10-23(18-7-4-3-5-8-18)34-20-9-6-11-27-16-20/h3-9,11,13-16,23H,10,12H2,1-2H3. The van der Waals surface area contributed by atoms with Gasteiger partial charge in [0.1, 0.15) is 11.9 Å². The Morgan fingerprint density at radius 2 is 1.83 bits per heavy atom. The summed E-state index contributed by atoms with van der Waals surface area (Å²) in [7, 11) is -2.58. The molecule has 0 spiro atoms. The van der Waals surface area contributed by atoms with Crippen molar-refractivity contribution in [2.24, 2.45) is 0 Å². The van der Waals surface area contributed by atoms with Gasteiger partial charge in [0.05, 0.1) is 24.8 Å². The lowest BCUT2D eigenvalue weighted by molar-refractivity contribution is 0.201. The summed E-state index contributed by atoms with van der Waals surface area (Å²) < 4.78 is 51.5. The summed E-state index contributed by atoms with van der Waals surface area (Å²) >= 11 is 0. The Morgan fingerprint density at radius 1 is 1.03 bits per heavy atom. The Hall–Kier alpha value is -3.92. The zero-order chi connectivity index (χ0) is 24.8. The molecule has 0 N–H and O–H groups in total. The summed E-state index contributed by atoms with van der Waals surface area (Å²) in [6.45, 7) is 1.65. The van der Waals surface area contributed by atoms with Crippen LogP contribution in [-0.2, 0) is 9.84 Å². The van der Waals surface area contributed by atoms with Crippen molar-refractivity contribution < 1.29 is 22.3 Å². The summed E-state index contributed by atoms with van der Waals surface area (Å²) in [5, 5.41) is -0.336. The van der Waals surface area contributed by atoms with E-state index in [9.17, 15) is 12.8 Å². The summed E-state index contributed by atoms with van der Waals surface area (Å²) in [4.78, 5) is 16.3. The van der Waals surface area contributed by atoms with Gasteiger partial charge in [-0.2, -0.15) is 0 Å². The second-order valence-corrected chi connectivity index (χ2v) is 9.71. The molecule has 1 atom stereocenters. The number of ether oxygens (including phenoxy) is 2. The molecule has 3 heterocycles. The lowest BCUT2D eigenvalue weighted by Crippen LogP contribution is -2.17. The number of pyridine rings is 2. The van der Waals surface area contributed by atoms with Crippen molar-refractivity contribution in [3.05, 3.63) is 90.3 Å². The molecule has 8 nitrogen and oxygen atoms in total. The highest BCUT2D eigenvalue weighted by Crippen LogP contribution is 2.27. The van der Waals surface area contributed by atoms with E-state index in [0.29, 0.717) is 17.0 Å². The van der Waals surface area contributed by atoms with E-state index in [1.807, 2.05) is 30.3 Å². The van der Waals surface area contributed by atoms with Gasteiger partial charge in [0, 0.05) is 30.1 Å². The van der Waals surface area contributed by atoms with Crippen LogP contribution in [0.25, 0.3) is 11.3 Å². The van der Waals surface area contributed by atoms with Crippen LogP contribution in [-0.4, -0.2) is 41.2 Å². The first-order valence-corrected chi connectivity index (χ1v) is 12.4. The van der Waals surface area contributed by atoms with Crippen molar-refractivity contribution >= 4 is 9.84 Å². The van der Waals surface area contributed by atoms with Crippen molar-refractivity contribution in [3.63, 3.8) is 0 Å². The van der Waals surface area contributed by atoms with Crippen LogP contribution in [0, 0.1) is 12.7 Å². The van der Waals surface area contributed by atoms with Crippen molar-refractivity contribution in [2.75, 3.05) is 12.9 Å². The van der Waals surface area contributed by atoms with Crippen LogP contribution in [0.4, 0.5) is 4.39 Å². The summed E-state index contributed by atoms with van der Waals surface area (Å²) in [5.41, 5.74) is 1.82. The van der Waals surface area contributed by atoms with Gasteiger partial charge in [-0.3, -0.25) is 4.98 Å². The van der Waals surface area contributed by atoms with Gasteiger partial charge in [0.2, 0.25) is 20.9 Å². The van der Waals surface area contributed by atoms with Crippen molar-refractivity contribution in [1.82, 2.24) is 19.9 Å². The Kier molecular flexibility index (Phi) is 7.31. The number of halogens is 1.